The summed E-state index contributed by atoms with van der Waals surface area (Å²) >= 11 is 3.45. The van der Waals surface area contributed by atoms with Crippen molar-refractivity contribution in [1.82, 2.24) is 9.88 Å². The van der Waals surface area contributed by atoms with Crippen LogP contribution in [0.4, 0.5) is 0 Å². The number of nitrogens with zero attached hydrogens (tertiary/aromatic N) is 1. The lowest BCUT2D eigenvalue weighted by atomic mass is 10.1. The van der Waals surface area contributed by atoms with Gasteiger partial charge in [-0.1, -0.05) is 18.2 Å². The molecule has 1 aromatic heterocycles. The van der Waals surface area contributed by atoms with E-state index in [2.05, 4.69) is 50.9 Å². The second-order valence-electron chi connectivity index (χ2n) is 6.35. The number of benzene rings is 2. The maximum atomic E-state index is 12.2. The number of carbonyl (C=O) groups excluding carboxylic acids is 1. The van der Waals surface area contributed by atoms with Gasteiger partial charge in [0, 0.05) is 42.0 Å². The monoisotopic (exact) mass is 442 g/mol. The van der Waals surface area contributed by atoms with E-state index < -0.39 is 0 Å². The number of carbonyl (C=O) groups is 1. The third kappa shape index (κ3) is 4.39. The Labute approximate surface area is 173 Å². The van der Waals surface area contributed by atoms with Crippen molar-refractivity contribution in [3.63, 3.8) is 0 Å². The fraction of sp³-hybridized carbons (Fsp3) is 0.227. The number of amides is 1. The van der Waals surface area contributed by atoms with Gasteiger partial charge in [0.25, 0.3) is 0 Å². The lowest BCUT2D eigenvalue weighted by Gasteiger charge is -2.10. The number of nitrogens with one attached hydrogen (secondary N) is 1. The fourth-order valence-corrected chi connectivity index (χ4v) is 3.70. The summed E-state index contributed by atoms with van der Waals surface area (Å²) in [5.41, 5.74) is 3.15. The molecule has 0 saturated carbocycles. The topological polar surface area (TPSA) is 52.5 Å². The molecule has 0 unspecified atom stereocenters. The minimum atomic E-state index is -0.150. The van der Waals surface area contributed by atoms with Crippen molar-refractivity contribution in [1.29, 1.82) is 0 Å². The number of aromatic nitrogens is 1. The van der Waals surface area contributed by atoms with Gasteiger partial charge in [-0.2, -0.15) is 0 Å². The average Bonchev–Trinajstić information content (AvgIpc) is 3.01. The number of hydrogen-bond donors (Lipinski definition) is 1. The van der Waals surface area contributed by atoms with E-state index in [-0.39, 0.29) is 5.91 Å². The normalized spacial score (nSPS) is 11.1. The van der Waals surface area contributed by atoms with Crippen LogP contribution in [0.25, 0.3) is 17.0 Å². The summed E-state index contributed by atoms with van der Waals surface area (Å²) in [4.78, 5) is 12.2. The average molecular weight is 443 g/mol. The Morgan fingerprint density at radius 1 is 1.14 bits per heavy atom. The largest absolute Gasteiger partial charge is 0.496 e. The van der Waals surface area contributed by atoms with Crippen molar-refractivity contribution in [2.75, 3.05) is 20.8 Å². The molecular weight excluding hydrogens is 420 g/mol. The van der Waals surface area contributed by atoms with E-state index in [9.17, 15) is 4.79 Å². The van der Waals surface area contributed by atoms with Crippen LogP contribution in [0, 0.1) is 6.92 Å². The number of fused-ring (bicyclic) bond motifs is 1. The Morgan fingerprint density at radius 2 is 1.89 bits per heavy atom. The maximum absolute atomic E-state index is 12.2. The minimum Gasteiger partial charge on any atom is -0.496 e. The highest BCUT2D eigenvalue weighted by molar-refractivity contribution is 9.10. The number of aryl methyl sites for hydroxylation is 1. The summed E-state index contributed by atoms with van der Waals surface area (Å²) in [6.45, 7) is 3.35. The predicted octanol–water partition coefficient (Wildman–Crippen LogP) is 4.56. The van der Waals surface area contributed by atoms with Crippen LogP contribution in [-0.4, -0.2) is 31.2 Å². The first-order valence-electron chi connectivity index (χ1n) is 8.95. The molecule has 6 heteroatoms. The van der Waals surface area contributed by atoms with Crippen molar-refractivity contribution in [2.45, 2.75) is 13.5 Å². The second-order valence-corrected chi connectivity index (χ2v) is 7.20. The van der Waals surface area contributed by atoms with E-state index in [0.29, 0.717) is 18.0 Å². The lowest BCUT2D eigenvalue weighted by molar-refractivity contribution is -0.116. The fourth-order valence-electron chi connectivity index (χ4n) is 3.17. The van der Waals surface area contributed by atoms with Crippen LogP contribution in [0.2, 0.25) is 0 Å². The summed E-state index contributed by atoms with van der Waals surface area (Å²) in [6, 6.07) is 14.0. The summed E-state index contributed by atoms with van der Waals surface area (Å²) in [5.74, 6) is 1.16. The number of halogens is 1. The second kappa shape index (κ2) is 8.97. The molecule has 0 radical (unpaired) electrons. The molecule has 1 N–H and O–H groups in total. The van der Waals surface area contributed by atoms with Crippen LogP contribution >= 0.6 is 15.9 Å². The van der Waals surface area contributed by atoms with Gasteiger partial charge in [-0.15, -0.1) is 0 Å². The molecule has 28 heavy (non-hydrogen) atoms. The lowest BCUT2D eigenvalue weighted by Crippen LogP contribution is -2.25. The summed E-state index contributed by atoms with van der Waals surface area (Å²) < 4.78 is 13.6. The smallest absolute Gasteiger partial charge is 0.244 e. The Kier molecular flexibility index (Phi) is 6.41. The van der Waals surface area contributed by atoms with Crippen LogP contribution in [0.3, 0.4) is 0 Å². The standard InChI is InChI=1S/C22H23BrN2O3/c1-15-12-16-6-4-5-7-19(16)25(15)11-10-24-22(26)9-8-17-13-18(23)21(28-3)14-20(17)27-2/h4-9,12-14H,10-11H2,1-3H3,(H,24,26). The number of hydrogen-bond acceptors (Lipinski definition) is 3. The van der Waals surface area contributed by atoms with Crippen molar-refractivity contribution in [3.05, 3.63) is 64.3 Å². The number of ether oxygens (including phenoxy) is 2. The van der Waals surface area contributed by atoms with Gasteiger partial charge in [0.05, 0.1) is 18.7 Å². The van der Waals surface area contributed by atoms with E-state index in [4.69, 9.17) is 9.47 Å². The van der Waals surface area contributed by atoms with Crippen molar-refractivity contribution < 1.29 is 14.3 Å². The first-order valence-corrected chi connectivity index (χ1v) is 9.75. The zero-order chi connectivity index (χ0) is 20.1. The van der Waals surface area contributed by atoms with Crippen LogP contribution in [-0.2, 0) is 11.3 Å². The van der Waals surface area contributed by atoms with Crippen LogP contribution in [0.15, 0.2) is 53.0 Å². The van der Waals surface area contributed by atoms with Crippen molar-refractivity contribution in [3.8, 4) is 11.5 Å². The van der Waals surface area contributed by atoms with Gasteiger partial charge in [0.1, 0.15) is 11.5 Å². The van der Waals surface area contributed by atoms with E-state index in [1.54, 1.807) is 26.4 Å². The van der Waals surface area contributed by atoms with Crippen LogP contribution < -0.4 is 14.8 Å². The maximum Gasteiger partial charge on any atom is 0.244 e. The zero-order valence-electron chi connectivity index (χ0n) is 16.2. The van der Waals surface area contributed by atoms with Gasteiger partial charge >= 0.3 is 0 Å². The zero-order valence-corrected chi connectivity index (χ0v) is 17.7. The molecule has 1 heterocycles. The molecule has 0 saturated heterocycles. The van der Waals surface area contributed by atoms with E-state index in [1.165, 1.54) is 22.7 Å². The molecule has 0 fully saturated rings. The molecule has 5 nitrogen and oxygen atoms in total. The molecule has 1 amide bonds. The predicted molar refractivity (Wildman–Crippen MR) is 116 cm³/mol. The minimum absolute atomic E-state index is 0.150. The molecule has 146 valence electrons. The Morgan fingerprint density at radius 3 is 2.64 bits per heavy atom. The number of rotatable bonds is 7. The van der Waals surface area contributed by atoms with Crippen molar-refractivity contribution >= 4 is 38.8 Å². The molecule has 3 aromatic rings. The summed E-state index contributed by atoms with van der Waals surface area (Å²) in [5, 5.41) is 4.15. The molecular formula is C22H23BrN2O3. The van der Waals surface area contributed by atoms with Gasteiger partial charge in [-0.25, -0.2) is 0 Å². The van der Waals surface area contributed by atoms with Gasteiger partial charge in [-0.05, 0) is 52.5 Å². The van der Waals surface area contributed by atoms with Gasteiger partial charge in [0.2, 0.25) is 5.91 Å². The van der Waals surface area contributed by atoms with Gasteiger partial charge < -0.3 is 19.4 Å². The van der Waals surface area contributed by atoms with E-state index in [1.807, 2.05) is 18.2 Å². The first-order chi connectivity index (χ1) is 13.5. The molecule has 0 bridgehead atoms. The highest BCUT2D eigenvalue weighted by Gasteiger charge is 2.08. The molecule has 0 aliphatic heterocycles. The quantitative estimate of drug-likeness (QED) is 0.545. The molecule has 3 rings (SSSR count). The number of methoxy groups -OCH3 is 2. The SMILES string of the molecule is COc1cc(OC)c(C=CC(=O)NCCn2c(C)cc3ccccc32)cc1Br. The highest BCUT2D eigenvalue weighted by atomic mass is 79.9. The number of para-hydroxylation sites is 1. The van der Waals surface area contributed by atoms with E-state index >= 15 is 0 Å². The van der Waals surface area contributed by atoms with Gasteiger partial charge in [0.15, 0.2) is 0 Å². The molecule has 0 aliphatic rings. The van der Waals surface area contributed by atoms with Gasteiger partial charge in [-0.3, -0.25) is 4.79 Å². The molecule has 0 atom stereocenters. The summed E-state index contributed by atoms with van der Waals surface area (Å²) in [7, 11) is 3.18. The molecule has 0 aliphatic carbocycles. The molecule has 2 aromatic carbocycles. The molecule has 0 spiro atoms. The van der Waals surface area contributed by atoms with Crippen LogP contribution in [0.5, 0.6) is 11.5 Å². The third-order valence-electron chi connectivity index (χ3n) is 4.57. The van der Waals surface area contributed by atoms with Crippen molar-refractivity contribution in [2.24, 2.45) is 0 Å². The Bertz CT molecular complexity index is 1020. The Hall–Kier alpha value is -2.73. The third-order valence-corrected chi connectivity index (χ3v) is 5.19. The Balaban J connectivity index is 1.63. The van der Waals surface area contributed by atoms with E-state index in [0.717, 1.165) is 16.6 Å². The highest BCUT2D eigenvalue weighted by Crippen LogP contribution is 2.33. The van der Waals surface area contributed by atoms with Crippen LogP contribution in [0.1, 0.15) is 11.3 Å². The summed E-state index contributed by atoms with van der Waals surface area (Å²) in [6.07, 6.45) is 3.24. The first kappa shape index (κ1) is 20.0.